The van der Waals surface area contributed by atoms with Crippen LogP contribution in [0, 0.1) is 17.8 Å². The summed E-state index contributed by atoms with van der Waals surface area (Å²) < 4.78 is 41.1. The first-order valence-corrected chi connectivity index (χ1v) is 15.1. The Morgan fingerprint density at radius 3 is 2.29 bits per heavy atom. The SMILES string of the molecule is CN(C)c1cc(CNC(=O)Nc2ccc(OC(F)(F)F)cc2)c(O)c2c1C[C@@H]1C[C@@H]3[C@@H](N(C)C)C(O)C(C(N)=O)C(=O)[C@]3(O)C(=O)C1=C2O. The number of benzene rings is 2. The predicted octanol–water partition coefficient (Wildman–Crippen LogP) is 1.42. The van der Waals surface area contributed by atoms with Crippen LogP contribution in [0.3, 0.4) is 0 Å². The van der Waals surface area contributed by atoms with Gasteiger partial charge in [0.2, 0.25) is 11.7 Å². The lowest BCUT2D eigenvalue weighted by molar-refractivity contribution is -0.274. The molecular weight excluding hydrogens is 655 g/mol. The number of nitrogens with one attached hydrogen (secondary N) is 2. The molecule has 0 bridgehead atoms. The maximum atomic E-state index is 14.1. The minimum Gasteiger partial charge on any atom is -0.507 e. The predicted molar refractivity (Wildman–Crippen MR) is 167 cm³/mol. The van der Waals surface area contributed by atoms with Gasteiger partial charge in [-0.25, -0.2) is 4.79 Å². The number of Topliss-reactive ketones (excluding diaryl/α,β-unsaturated/α-hetero) is 2. The highest BCUT2D eigenvalue weighted by atomic mass is 19.4. The first-order valence-electron chi connectivity index (χ1n) is 15.1. The number of anilines is 2. The van der Waals surface area contributed by atoms with Crippen LogP contribution in [0.25, 0.3) is 5.76 Å². The molecule has 2 unspecified atom stereocenters. The molecule has 5 rings (SSSR count). The largest absolute Gasteiger partial charge is 0.573 e. The highest BCUT2D eigenvalue weighted by Crippen LogP contribution is 2.53. The van der Waals surface area contributed by atoms with Crippen molar-refractivity contribution < 1.29 is 57.5 Å². The van der Waals surface area contributed by atoms with Crippen molar-refractivity contribution in [3.05, 3.63) is 52.6 Å². The van der Waals surface area contributed by atoms with Crippen LogP contribution in [-0.2, 0) is 27.3 Å². The van der Waals surface area contributed by atoms with Crippen molar-refractivity contribution >= 4 is 40.6 Å². The monoisotopic (exact) mass is 691 g/mol. The third-order valence-corrected chi connectivity index (χ3v) is 9.41. The highest BCUT2D eigenvalue weighted by Gasteiger charge is 2.67. The number of carbonyl (C=O) groups is 4. The standard InChI is InChI=1S/C32H36F3N5O9/c1-39(2)19-11-14(12-37-30(47)38-15-5-7-16(8-6-15)49-32(33,34)35)24(41)21-17(19)9-13-10-18-23(40(3)4)26(43)22(29(36)46)28(45)31(18,48)27(44)20(13)25(21)42/h5-8,11,13,18,22-23,26,41-43,48H,9-10,12H2,1-4H3,(H2,36,46)(H2,37,38,47)/t13-,18-,22?,23-,26?,31-/m1/s1. The number of fused-ring (bicyclic) bond motifs is 3. The Labute approximate surface area is 277 Å². The summed E-state index contributed by atoms with van der Waals surface area (Å²) in [7, 11) is 6.53. The van der Waals surface area contributed by atoms with E-state index in [-0.39, 0.29) is 41.8 Å². The number of ketones is 2. The van der Waals surface area contributed by atoms with Crippen molar-refractivity contribution in [3.8, 4) is 11.5 Å². The highest BCUT2D eigenvalue weighted by molar-refractivity contribution is 6.25. The Kier molecular flexibility index (Phi) is 9.07. The van der Waals surface area contributed by atoms with E-state index in [0.29, 0.717) is 11.3 Å². The van der Waals surface area contributed by atoms with E-state index < -0.39 is 82.6 Å². The molecule has 264 valence electrons. The lowest BCUT2D eigenvalue weighted by Gasteiger charge is -2.53. The average Bonchev–Trinajstić information content (AvgIpc) is 2.98. The van der Waals surface area contributed by atoms with Gasteiger partial charge in [0.1, 0.15) is 23.2 Å². The fourth-order valence-corrected chi connectivity index (χ4v) is 7.33. The number of phenolic OH excluding ortho intramolecular Hbond substituents is 1. The molecule has 2 aromatic rings. The Morgan fingerprint density at radius 2 is 1.73 bits per heavy atom. The summed E-state index contributed by atoms with van der Waals surface area (Å²) in [4.78, 5) is 55.8. The van der Waals surface area contributed by atoms with Gasteiger partial charge in [0.15, 0.2) is 11.4 Å². The van der Waals surface area contributed by atoms with Gasteiger partial charge >= 0.3 is 12.4 Å². The molecule has 2 saturated carbocycles. The molecule has 0 radical (unpaired) electrons. The summed E-state index contributed by atoms with van der Waals surface area (Å²) in [5.74, 6) is -9.13. The number of amides is 3. The number of ether oxygens (including phenoxy) is 1. The number of aliphatic hydroxyl groups excluding tert-OH is 2. The fraction of sp³-hybridized carbons (Fsp3) is 0.438. The molecule has 0 heterocycles. The summed E-state index contributed by atoms with van der Waals surface area (Å²) >= 11 is 0. The summed E-state index contributed by atoms with van der Waals surface area (Å²) in [5, 5.41) is 50.8. The molecule has 3 aliphatic rings. The maximum Gasteiger partial charge on any atom is 0.573 e. The van der Waals surface area contributed by atoms with Crippen LogP contribution in [0.4, 0.5) is 29.3 Å². The number of alkyl halides is 3. The number of phenols is 1. The summed E-state index contributed by atoms with van der Waals surface area (Å²) in [5.41, 5.74) is 3.35. The van der Waals surface area contributed by atoms with Gasteiger partial charge in [-0.3, -0.25) is 14.4 Å². The normalized spacial score (nSPS) is 26.4. The van der Waals surface area contributed by atoms with E-state index in [1.807, 2.05) is 0 Å². The van der Waals surface area contributed by atoms with Crippen LogP contribution in [0.2, 0.25) is 0 Å². The van der Waals surface area contributed by atoms with Gasteiger partial charge in [-0.1, -0.05) is 0 Å². The van der Waals surface area contributed by atoms with E-state index in [0.717, 1.165) is 12.1 Å². The molecule has 3 amide bonds. The number of rotatable bonds is 7. The Hall–Kier alpha value is -4.87. The summed E-state index contributed by atoms with van der Waals surface area (Å²) in [6.45, 7) is -0.311. The number of nitrogens with two attached hydrogens (primary N) is 1. The second-order valence-electron chi connectivity index (χ2n) is 12.8. The molecule has 49 heavy (non-hydrogen) atoms. The topological polar surface area (TPSA) is 215 Å². The first-order chi connectivity index (χ1) is 22.8. The molecule has 0 saturated heterocycles. The zero-order valence-corrected chi connectivity index (χ0v) is 26.8. The fourth-order valence-electron chi connectivity index (χ4n) is 7.33. The number of carbonyl (C=O) groups excluding carboxylic acids is 4. The van der Waals surface area contributed by atoms with Gasteiger partial charge < -0.3 is 51.3 Å². The molecule has 8 N–H and O–H groups in total. The number of hydrogen-bond acceptors (Lipinski definition) is 11. The van der Waals surface area contributed by atoms with E-state index in [2.05, 4.69) is 15.4 Å². The second-order valence-corrected chi connectivity index (χ2v) is 12.8. The first kappa shape index (κ1) is 35.4. The average molecular weight is 692 g/mol. The minimum atomic E-state index is -4.88. The van der Waals surface area contributed by atoms with Gasteiger partial charge in [-0.05, 0) is 68.8 Å². The van der Waals surface area contributed by atoms with Gasteiger partial charge in [-0.2, -0.15) is 0 Å². The van der Waals surface area contributed by atoms with Crippen molar-refractivity contribution in [1.29, 1.82) is 0 Å². The molecule has 17 heteroatoms. The van der Waals surface area contributed by atoms with Crippen LogP contribution in [0.1, 0.15) is 23.1 Å². The van der Waals surface area contributed by atoms with Gasteiger partial charge in [0.25, 0.3) is 0 Å². The Balaban J connectivity index is 1.47. The van der Waals surface area contributed by atoms with Crippen LogP contribution in [-0.4, -0.2) is 101 Å². The molecule has 6 atom stereocenters. The van der Waals surface area contributed by atoms with Gasteiger partial charge in [-0.15, -0.1) is 13.2 Å². The Morgan fingerprint density at radius 1 is 1.10 bits per heavy atom. The van der Waals surface area contributed by atoms with Crippen LogP contribution >= 0.6 is 0 Å². The minimum absolute atomic E-state index is 0.0430. The van der Waals surface area contributed by atoms with E-state index in [4.69, 9.17) is 5.73 Å². The zero-order chi connectivity index (χ0) is 36.3. The number of halogens is 3. The number of primary amides is 1. The third kappa shape index (κ3) is 6.13. The lowest BCUT2D eigenvalue weighted by atomic mass is 9.54. The number of nitrogens with zero attached hydrogens (tertiary/aromatic N) is 2. The van der Waals surface area contributed by atoms with Crippen molar-refractivity contribution in [3.63, 3.8) is 0 Å². The van der Waals surface area contributed by atoms with E-state index in [1.54, 1.807) is 39.2 Å². The number of likely N-dealkylation sites (N-methyl/N-ethyl adjacent to an activating group) is 1. The molecule has 2 aromatic carbocycles. The number of urea groups is 1. The molecule has 0 spiro atoms. The zero-order valence-electron chi connectivity index (χ0n) is 26.8. The molecule has 2 fully saturated rings. The molecular formula is C32H36F3N5O9. The van der Waals surface area contributed by atoms with Gasteiger partial charge in [0, 0.05) is 55.1 Å². The number of aliphatic hydroxyl groups is 3. The molecule has 14 nitrogen and oxygen atoms in total. The number of aromatic hydroxyl groups is 1. The van der Waals surface area contributed by atoms with Crippen LogP contribution in [0.15, 0.2) is 35.9 Å². The second kappa shape index (κ2) is 12.5. The van der Waals surface area contributed by atoms with Gasteiger partial charge in [0.05, 0.1) is 11.7 Å². The quantitative estimate of drug-likeness (QED) is 0.206. The summed E-state index contributed by atoms with van der Waals surface area (Å²) in [6.07, 6.45) is -6.45. The number of hydrogen-bond donors (Lipinski definition) is 7. The summed E-state index contributed by atoms with van der Waals surface area (Å²) in [6, 6.07) is 4.15. The smallest absolute Gasteiger partial charge is 0.507 e. The van der Waals surface area contributed by atoms with Crippen molar-refractivity contribution in [2.45, 2.75) is 43.5 Å². The molecule has 0 aliphatic heterocycles. The molecule has 0 aromatic heterocycles. The lowest BCUT2D eigenvalue weighted by Crippen LogP contribution is -2.73. The van der Waals surface area contributed by atoms with E-state index in [9.17, 15) is 52.8 Å². The third-order valence-electron chi connectivity index (χ3n) is 9.41. The Bertz CT molecular complexity index is 1740. The van der Waals surface area contributed by atoms with Crippen molar-refractivity contribution in [2.24, 2.45) is 23.5 Å². The van der Waals surface area contributed by atoms with Crippen LogP contribution in [0.5, 0.6) is 11.5 Å². The van der Waals surface area contributed by atoms with E-state index >= 15 is 0 Å². The van der Waals surface area contributed by atoms with Crippen LogP contribution < -0.4 is 26.0 Å². The maximum absolute atomic E-state index is 14.1. The van der Waals surface area contributed by atoms with Crippen molar-refractivity contribution in [2.75, 3.05) is 38.4 Å². The van der Waals surface area contributed by atoms with Crippen molar-refractivity contribution in [1.82, 2.24) is 10.2 Å². The van der Waals surface area contributed by atoms with E-state index in [1.165, 1.54) is 17.0 Å². The molecule has 3 aliphatic carbocycles.